The second-order valence-electron chi connectivity index (χ2n) is 5.80. The number of carboxylic acids is 1. The van der Waals surface area contributed by atoms with Crippen LogP contribution in [0, 0.1) is 0 Å². The van der Waals surface area contributed by atoms with Crippen molar-refractivity contribution >= 4 is 23.6 Å². The Labute approximate surface area is 155 Å². The third kappa shape index (κ3) is 14.0. The third-order valence-corrected chi connectivity index (χ3v) is 4.21. The molecule has 0 aromatic heterocycles. The summed E-state index contributed by atoms with van der Waals surface area (Å²) >= 11 is 1.57. The number of nitrogens with two attached hydrogens (primary N) is 1. The van der Waals surface area contributed by atoms with Gasteiger partial charge in [0.15, 0.2) is 0 Å². The number of thioether (sulfide) groups is 1. The highest BCUT2D eigenvalue weighted by molar-refractivity contribution is 7.98. The fourth-order valence-electron chi connectivity index (χ4n) is 2.21. The Bertz CT molecular complexity index is 349. The number of carbonyl (C=O) groups is 2. The molecule has 1 unspecified atom stereocenters. The van der Waals surface area contributed by atoms with Crippen molar-refractivity contribution in [1.29, 1.82) is 0 Å². The summed E-state index contributed by atoms with van der Waals surface area (Å²) in [4.78, 5) is 25.5. The van der Waals surface area contributed by atoms with Gasteiger partial charge >= 0.3 is 5.97 Å². The standard InChI is InChI=1S/C16H35N5O3S/c1-3-6-18-8-10-21(11-9-19-7-5-17)13-15(22)20-14(16(23)24)4-12-25-2/h14,18-19H,3-13,17H2,1-2H3,(H,20,22)(H,23,24). The van der Waals surface area contributed by atoms with Crippen molar-refractivity contribution in [3.8, 4) is 0 Å². The SMILES string of the molecule is CCCNCCN(CCNCCN)CC(=O)NC(CCSC)C(=O)O. The van der Waals surface area contributed by atoms with Gasteiger partial charge in [0, 0.05) is 39.3 Å². The summed E-state index contributed by atoms with van der Waals surface area (Å²) < 4.78 is 0. The highest BCUT2D eigenvalue weighted by atomic mass is 32.2. The van der Waals surface area contributed by atoms with Crippen molar-refractivity contribution in [1.82, 2.24) is 20.9 Å². The minimum Gasteiger partial charge on any atom is -0.480 e. The molecule has 0 aliphatic rings. The minimum atomic E-state index is -0.983. The first kappa shape index (κ1) is 24.1. The van der Waals surface area contributed by atoms with E-state index in [1.165, 1.54) is 0 Å². The van der Waals surface area contributed by atoms with E-state index >= 15 is 0 Å². The number of nitrogens with zero attached hydrogens (tertiary/aromatic N) is 1. The van der Waals surface area contributed by atoms with Gasteiger partial charge < -0.3 is 26.8 Å². The van der Waals surface area contributed by atoms with Crippen molar-refractivity contribution in [3.63, 3.8) is 0 Å². The maximum atomic E-state index is 12.2. The molecule has 0 bridgehead atoms. The lowest BCUT2D eigenvalue weighted by atomic mass is 10.2. The van der Waals surface area contributed by atoms with Crippen molar-refractivity contribution in [2.75, 3.05) is 64.4 Å². The molecular weight excluding hydrogens is 342 g/mol. The zero-order valence-corrected chi connectivity index (χ0v) is 16.4. The molecule has 148 valence electrons. The van der Waals surface area contributed by atoms with Gasteiger partial charge in [-0.2, -0.15) is 11.8 Å². The normalized spacial score (nSPS) is 12.3. The van der Waals surface area contributed by atoms with E-state index in [0.717, 1.165) is 39.1 Å². The topological polar surface area (TPSA) is 120 Å². The Morgan fingerprint density at radius 2 is 1.80 bits per heavy atom. The summed E-state index contributed by atoms with van der Waals surface area (Å²) in [7, 11) is 0. The first-order chi connectivity index (χ1) is 12.0. The van der Waals surface area contributed by atoms with Crippen LogP contribution in [-0.4, -0.2) is 92.3 Å². The average Bonchev–Trinajstić information content (AvgIpc) is 2.58. The molecule has 1 amide bonds. The molecule has 8 nitrogen and oxygen atoms in total. The number of hydrogen-bond donors (Lipinski definition) is 5. The second-order valence-corrected chi connectivity index (χ2v) is 6.79. The summed E-state index contributed by atoms with van der Waals surface area (Å²) in [5.41, 5.74) is 5.46. The molecule has 9 heteroatoms. The van der Waals surface area contributed by atoms with Crippen LogP contribution >= 0.6 is 11.8 Å². The molecule has 0 aliphatic carbocycles. The van der Waals surface area contributed by atoms with Gasteiger partial charge in [-0.15, -0.1) is 0 Å². The molecular formula is C16H35N5O3S. The largest absolute Gasteiger partial charge is 0.480 e. The van der Waals surface area contributed by atoms with E-state index in [4.69, 9.17) is 5.73 Å². The fourth-order valence-corrected chi connectivity index (χ4v) is 2.68. The van der Waals surface area contributed by atoms with Crippen molar-refractivity contribution in [2.45, 2.75) is 25.8 Å². The molecule has 0 fully saturated rings. The predicted molar refractivity (Wildman–Crippen MR) is 104 cm³/mol. The van der Waals surface area contributed by atoms with Gasteiger partial charge in [0.2, 0.25) is 5.91 Å². The molecule has 0 spiro atoms. The maximum absolute atomic E-state index is 12.2. The molecule has 0 aliphatic heterocycles. The maximum Gasteiger partial charge on any atom is 0.326 e. The summed E-state index contributed by atoms with van der Waals surface area (Å²) in [6, 6.07) is -0.824. The summed E-state index contributed by atoms with van der Waals surface area (Å²) in [6.07, 6.45) is 3.41. The molecule has 6 N–H and O–H groups in total. The van der Waals surface area contributed by atoms with Crippen LogP contribution in [0.2, 0.25) is 0 Å². The van der Waals surface area contributed by atoms with Crippen LogP contribution in [0.5, 0.6) is 0 Å². The zero-order valence-electron chi connectivity index (χ0n) is 15.6. The Morgan fingerprint density at radius 3 is 2.32 bits per heavy atom. The van der Waals surface area contributed by atoms with Crippen LogP contribution in [-0.2, 0) is 9.59 Å². The van der Waals surface area contributed by atoms with Gasteiger partial charge in [0.05, 0.1) is 6.54 Å². The van der Waals surface area contributed by atoms with Crippen molar-refractivity contribution < 1.29 is 14.7 Å². The van der Waals surface area contributed by atoms with Gasteiger partial charge in [-0.1, -0.05) is 6.92 Å². The number of carboxylic acid groups (broad SMARTS) is 1. The molecule has 0 radical (unpaired) electrons. The molecule has 0 aromatic rings. The lowest BCUT2D eigenvalue weighted by Gasteiger charge is -2.23. The van der Waals surface area contributed by atoms with Crippen LogP contribution in [0.25, 0.3) is 0 Å². The fraction of sp³-hybridized carbons (Fsp3) is 0.875. The van der Waals surface area contributed by atoms with Crippen LogP contribution < -0.4 is 21.7 Å². The van der Waals surface area contributed by atoms with Crippen molar-refractivity contribution in [2.24, 2.45) is 5.73 Å². The quantitative estimate of drug-likeness (QED) is 0.208. The summed E-state index contributed by atoms with van der Waals surface area (Å²) in [5.74, 6) is -0.531. The molecule has 1 atom stereocenters. The van der Waals surface area contributed by atoms with Gasteiger partial charge in [-0.05, 0) is 31.4 Å². The first-order valence-corrected chi connectivity index (χ1v) is 10.3. The Kier molecular flexibility index (Phi) is 16.0. The van der Waals surface area contributed by atoms with E-state index in [1.807, 2.05) is 11.2 Å². The van der Waals surface area contributed by atoms with E-state index in [2.05, 4.69) is 22.9 Å². The number of rotatable bonds is 17. The molecule has 0 heterocycles. The van der Waals surface area contributed by atoms with Gasteiger partial charge in [0.1, 0.15) is 6.04 Å². The van der Waals surface area contributed by atoms with E-state index < -0.39 is 12.0 Å². The highest BCUT2D eigenvalue weighted by Gasteiger charge is 2.20. The van der Waals surface area contributed by atoms with Gasteiger partial charge in [-0.3, -0.25) is 9.69 Å². The molecule has 0 saturated carbocycles. The van der Waals surface area contributed by atoms with Crippen LogP contribution in [0.15, 0.2) is 0 Å². The predicted octanol–water partition coefficient (Wildman–Crippen LogP) is -0.841. The third-order valence-electron chi connectivity index (χ3n) is 3.57. The van der Waals surface area contributed by atoms with Gasteiger partial charge in [0.25, 0.3) is 0 Å². The lowest BCUT2D eigenvalue weighted by molar-refractivity contribution is -0.142. The lowest BCUT2D eigenvalue weighted by Crippen LogP contribution is -2.48. The first-order valence-electron chi connectivity index (χ1n) is 8.90. The van der Waals surface area contributed by atoms with Gasteiger partial charge in [-0.25, -0.2) is 4.79 Å². The monoisotopic (exact) mass is 377 g/mol. The Morgan fingerprint density at radius 1 is 1.16 bits per heavy atom. The molecule has 0 rings (SSSR count). The van der Waals surface area contributed by atoms with E-state index in [1.54, 1.807) is 11.8 Å². The molecule has 25 heavy (non-hydrogen) atoms. The Balaban J connectivity index is 4.40. The van der Waals surface area contributed by atoms with Crippen LogP contribution in [0.1, 0.15) is 19.8 Å². The second kappa shape index (κ2) is 16.6. The minimum absolute atomic E-state index is 0.196. The number of amides is 1. The Hall–Kier alpha value is -0.870. The number of carbonyl (C=O) groups excluding carboxylic acids is 1. The smallest absolute Gasteiger partial charge is 0.326 e. The summed E-state index contributed by atoms with van der Waals surface area (Å²) in [6.45, 7) is 7.56. The number of aliphatic carboxylic acids is 1. The van der Waals surface area contributed by atoms with E-state index in [9.17, 15) is 14.7 Å². The molecule has 0 aromatic carbocycles. The highest BCUT2D eigenvalue weighted by Crippen LogP contribution is 2.01. The van der Waals surface area contributed by atoms with Crippen LogP contribution in [0.3, 0.4) is 0 Å². The van der Waals surface area contributed by atoms with Crippen LogP contribution in [0.4, 0.5) is 0 Å². The average molecular weight is 378 g/mol. The zero-order chi connectivity index (χ0) is 18.9. The van der Waals surface area contributed by atoms with Crippen molar-refractivity contribution in [3.05, 3.63) is 0 Å². The summed E-state index contributed by atoms with van der Waals surface area (Å²) in [5, 5.41) is 18.4. The number of nitrogens with one attached hydrogen (secondary N) is 3. The number of hydrogen-bond acceptors (Lipinski definition) is 7. The molecule has 0 saturated heterocycles. The van der Waals surface area contributed by atoms with E-state index in [0.29, 0.717) is 25.3 Å². The van der Waals surface area contributed by atoms with E-state index in [-0.39, 0.29) is 12.5 Å².